The van der Waals surface area contributed by atoms with Gasteiger partial charge >= 0.3 is 0 Å². The van der Waals surface area contributed by atoms with Crippen LogP contribution in [0.4, 0.5) is 0 Å². The van der Waals surface area contributed by atoms with Gasteiger partial charge in [0.1, 0.15) is 10.3 Å². The Labute approximate surface area is 161 Å². The average molecular weight is 397 g/mol. The molecular weight excluding hydrogens is 382 g/mol. The second kappa shape index (κ2) is 6.28. The van der Waals surface area contributed by atoms with E-state index < -0.39 is 0 Å². The molecule has 4 aromatic rings. The molecule has 27 heavy (non-hydrogen) atoms. The molecule has 0 fully saturated rings. The predicted molar refractivity (Wildman–Crippen MR) is 107 cm³/mol. The van der Waals surface area contributed by atoms with Gasteiger partial charge in [-0.25, -0.2) is 4.98 Å². The van der Waals surface area contributed by atoms with Crippen LogP contribution in [0.25, 0.3) is 21.1 Å². The summed E-state index contributed by atoms with van der Waals surface area (Å²) in [6.07, 6.45) is 3.10. The van der Waals surface area contributed by atoms with E-state index in [4.69, 9.17) is 0 Å². The van der Waals surface area contributed by atoms with Crippen molar-refractivity contribution in [3.63, 3.8) is 0 Å². The minimum Gasteiger partial charge on any atom is -0.290 e. The fourth-order valence-corrected chi connectivity index (χ4v) is 5.61. The average Bonchev–Trinajstić information content (AvgIpc) is 3.26. The predicted octanol–water partition coefficient (Wildman–Crippen LogP) is 2.34. The Hall–Kier alpha value is -2.52. The summed E-state index contributed by atoms with van der Waals surface area (Å²) in [5.41, 5.74) is 1.54. The second-order valence-corrected chi connectivity index (χ2v) is 8.48. The minimum atomic E-state index is -0.200. The quantitative estimate of drug-likeness (QED) is 0.390. The standard InChI is InChI=1S/C18H15N5O2S2/c1-22-17(25)14-11-6-4-8-13(11)27-15(14)19-18(22)26-9-23-16(24)10-5-2-3-7-12(10)20-21-23/h2-3,5,7H,4,6,8-9H2,1H3. The summed E-state index contributed by atoms with van der Waals surface area (Å²) in [5.74, 6) is 0.244. The summed E-state index contributed by atoms with van der Waals surface area (Å²) >= 11 is 2.93. The fourth-order valence-electron chi connectivity index (χ4n) is 3.46. The first-order valence-corrected chi connectivity index (χ1v) is 10.4. The lowest BCUT2D eigenvalue weighted by Gasteiger charge is -2.08. The van der Waals surface area contributed by atoms with Crippen molar-refractivity contribution >= 4 is 44.2 Å². The number of nitrogens with zero attached hydrogens (tertiary/aromatic N) is 5. The molecule has 0 N–H and O–H groups in total. The molecule has 1 aliphatic carbocycles. The Morgan fingerprint density at radius 1 is 1.19 bits per heavy atom. The lowest BCUT2D eigenvalue weighted by molar-refractivity contribution is 0.639. The van der Waals surface area contributed by atoms with Crippen molar-refractivity contribution in [3.8, 4) is 0 Å². The molecule has 0 spiro atoms. The van der Waals surface area contributed by atoms with Crippen molar-refractivity contribution in [2.24, 2.45) is 7.05 Å². The highest BCUT2D eigenvalue weighted by molar-refractivity contribution is 7.98. The van der Waals surface area contributed by atoms with Crippen molar-refractivity contribution in [1.82, 2.24) is 24.5 Å². The number of hydrogen-bond donors (Lipinski definition) is 0. The molecule has 0 aliphatic heterocycles. The first kappa shape index (κ1) is 16.6. The van der Waals surface area contributed by atoms with Gasteiger partial charge in [-0.3, -0.25) is 14.2 Å². The van der Waals surface area contributed by atoms with Crippen LogP contribution < -0.4 is 11.1 Å². The normalized spacial score (nSPS) is 13.5. The van der Waals surface area contributed by atoms with Gasteiger partial charge < -0.3 is 0 Å². The molecule has 0 saturated heterocycles. The zero-order chi connectivity index (χ0) is 18.5. The molecule has 3 heterocycles. The summed E-state index contributed by atoms with van der Waals surface area (Å²) in [6.45, 7) is 0. The van der Waals surface area contributed by atoms with Crippen LogP contribution in [-0.2, 0) is 25.8 Å². The van der Waals surface area contributed by atoms with Crippen LogP contribution in [0.15, 0.2) is 39.0 Å². The van der Waals surface area contributed by atoms with Gasteiger partial charge in [-0.1, -0.05) is 29.1 Å². The maximum atomic E-state index is 12.8. The van der Waals surface area contributed by atoms with Gasteiger partial charge in [0.25, 0.3) is 11.1 Å². The smallest absolute Gasteiger partial charge is 0.278 e. The van der Waals surface area contributed by atoms with Gasteiger partial charge in [0.15, 0.2) is 5.16 Å². The number of benzene rings is 1. The second-order valence-electron chi connectivity index (χ2n) is 6.48. The largest absolute Gasteiger partial charge is 0.290 e. The molecule has 0 unspecified atom stereocenters. The number of fused-ring (bicyclic) bond motifs is 4. The molecular formula is C18H15N5O2S2. The molecule has 3 aromatic heterocycles. The van der Waals surface area contributed by atoms with Crippen molar-refractivity contribution in [1.29, 1.82) is 0 Å². The van der Waals surface area contributed by atoms with Crippen LogP contribution in [0.5, 0.6) is 0 Å². The number of aromatic nitrogens is 5. The Morgan fingerprint density at radius 2 is 2.04 bits per heavy atom. The highest BCUT2D eigenvalue weighted by Gasteiger charge is 2.22. The lowest BCUT2D eigenvalue weighted by Crippen LogP contribution is -2.24. The summed E-state index contributed by atoms with van der Waals surface area (Å²) in [6, 6.07) is 7.12. The number of thioether (sulfide) groups is 1. The van der Waals surface area contributed by atoms with Crippen molar-refractivity contribution in [3.05, 3.63) is 55.4 Å². The molecule has 0 atom stereocenters. The van der Waals surface area contributed by atoms with E-state index in [2.05, 4.69) is 15.3 Å². The molecule has 0 radical (unpaired) electrons. The van der Waals surface area contributed by atoms with E-state index in [1.807, 2.05) is 6.07 Å². The van der Waals surface area contributed by atoms with Crippen LogP contribution in [-0.4, -0.2) is 24.5 Å². The van der Waals surface area contributed by atoms with Gasteiger partial charge in [0.2, 0.25) is 0 Å². The number of hydrogen-bond acceptors (Lipinski definition) is 7. The van der Waals surface area contributed by atoms with E-state index in [1.54, 1.807) is 41.2 Å². The Kier molecular flexibility index (Phi) is 3.87. The fraction of sp³-hybridized carbons (Fsp3) is 0.278. The summed E-state index contributed by atoms with van der Waals surface area (Å²) < 4.78 is 2.87. The van der Waals surface area contributed by atoms with E-state index in [1.165, 1.54) is 26.9 Å². The third-order valence-electron chi connectivity index (χ3n) is 4.85. The molecule has 1 aliphatic rings. The van der Waals surface area contributed by atoms with E-state index in [0.717, 1.165) is 29.5 Å². The SMILES string of the molecule is Cn1c(SCn2nnc3ccccc3c2=O)nc2sc3c(c2c1=O)CCC3. The van der Waals surface area contributed by atoms with E-state index >= 15 is 0 Å². The molecule has 9 heteroatoms. The molecule has 136 valence electrons. The maximum Gasteiger partial charge on any atom is 0.278 e. The summed E-state index contributed by atoms with van der Waals surface area (Å²) in [7, 11) is 1.73. The number of thiophene rings is 1. The molecule has 0 saturated carbocycles. The summed E-state index contributed by atoms with van der Waals surface area (Å²) in [4.78, 5) is 32.2. The van der Waals surface area contributed by atoms with Crippen LogP contribution in [0.3, 0.4) is 0 Å². The van der Waals surface area contributed by atoms with Crippen molar-refractivity contribution in [2.75, 3.05) is 0 Å². The first-order chi connectivity index (χ1) is 13.1. The van der Waals surface area contributed by atoms with Crippen LogP contribution in [0.2, 0.25) is 0 Å². The zero-order valence-corrected chi connectivity index (χ0v) is 16.1. The zero-order valence-electron chi connectivity index (χ0n) is 14.5. The summed E-state index contributed by atoms with van der Waals surface area (Å²) in [5, 5.41) is 9.96. The maximum absolute atomic E-state index is 12.8. The highest BCUT2D eigenvalue weighted by atomic mass is 32.2. The van der Waals surface area contributed by atoms with Crippen molar-refractivity contribution < 1.29 is 0 Å². The molecule has 7 nitrogen and oxygen atoms in total. The van der Waals surface area contributed by atoms with Crippen LogP contribution in [0.1, 0.15) is 16.9 Å². The monoisotopic (exact) mass is 397 g/mol. The van der Waals surface area contributed by atoms with E-state index in [9.17, 15) is 9.59 Å². The lowest BCUT2D eigenvalue weighted by atomic mass is 10.2. The topological polar surface area (TPSA) is 82.7 Å². The van der Waals surface area contributed by atoms with Crippen LogP contribution >= 0.6 is 23.1 Å². The first-order valence-electron chi connectivity index (χ1n) is 8.60. The highest BCUT2D eigenvalue weighted by Crippen LogP contribution is 2.35. The van der Waals surface area contributed by atoms with E-state index in [0.29, 0.717) is 16.1 Å². The molecule has 5 rings (SSSR count). The third-order valence-corrected chi connectivity index (χ3v) is 7.03. The Morgan fingerprint density at radius 3 is 2.93 bits per heavy atom. The van der Waals surface area contributed by atoms with Gasteiger partial charge in [-0.2, -0.15) is 4.68 Å². The molecule has 0 bridgehead atoms. The third kappa shape index (κ3) is 2.61. The number of aryl methyl sites for hydroxylation is 2. The van der Waals surface area contributed by atoms with Crippen molar-refractivity contribution in [2.45, 2.75) is 30.3 Å². The Balaban J connectivity index is 1.52. The van der Waals surface area contributed by atoms with E-state index in [-0.39, 0.29) is 17.0 Å². The van der Waals surface area contributed by atoms with Gasteiger partial charge in [0, 0.05) is 11.9 Å². The molecule has 1 aromatic carbocycles. The Bertz CT molecular complexity index is 1320. The van der Waals surface area contributed by atoms with Gasteiger partial charge in [0.05, 0.1) is 16.6 Å². The van der Waals surface area contributed by atoms with Gasteiger partial charge in [-0.15, -0.1) is 16.4 Å². The van der Waals surface area contributed by atoms with Gasteiger partial charge in [-0.05, 0) is 37.0 Å². The minimum absolute atomic E-state index is 0.0150. The molecule has 0 amide bonds. The number of rotatable bonds is 3. The van der Waals surface area contributed by atoms with Crippen LogP contribution in [0, 0.1) is 0 Å².